The van der Waals surface area contributed by atoms with E-state index in [0.29, 0.717) is 13.1 Å². The molecule has 0 saturated heterocycles. The van der Waals surface area contributed by atoms with Gasteiger partial charge in [-0.3, -0.25) is 19.7 Å². The van der Waals surface area contributed by atoms with Crippen LogP contribution in [0, 0.1) is 10.1 Å². The molecule has 0 aromatic heterocycles. The van der Waals surface area contributed by atoms with E-state index in [9.17, 15) is 24.8 Å². The Labute approximate surface area is 156 Å². The number of amides is 1. The maximum absolute atomic E-state index is 12.1. The molecule has 0 heterocycles. The van der Waals surface area contributed by atoms with E-state index in [1.54, 1.807) is 0 Å². The van der Waals surface area contributed by atoms with E-state index in [1.807, 2.05) is 13.8 Å². The van der Waals surface area contributed by atoms with Gasteiger partial charge in [-0.05, 0) is 19.2 Å². The highest BCUT2D eigenvalue weighted by molar-refractivity contribution is 6.33. The van der Waals surface area contributed by atoms with Gasteiger partial charge < -0.3 is 20.6 Å². The van der Waals surface area contributed by atoms with Crippen LogP contribution in [0.4, 0.5) is 11.4 Å². The molecular formula is C16H23ClN4O5. The number of carbonyl (C=O) groups excluding carboxylic acids is 1. The van der Waals surface area contributed by atoms with Crippen LogP contribution in [-0.4, -0.2) is 59.0 Å². The first-order valence-corrected chi connectivity index (χ1v) is 8.58. The van der Waals surface area contributed by atoms with Crippen molar-refractivity contribution in [3.8, 4) is 0 Å². The number of hydrogen-bond donors (Lipinski definition) is 3. The fraction of sp³-hybridized carbons (Fsp3) is 0.500. The third-order valence-electron chi connectivity index (χ3n) is 3.84. The van der Waals surface area contributed by atoms with Gasteiger partial charge in [0.1, 0.15) is 6.04 Å². The maximum Gasteiger partial charge on any atom is 0.321 e. The van der Waals surface area contributed by atoms with Crippen molar-refractivity contribution in [2.45, 2.75) is 26.3 Å². The van der Waals surface area contributed by atoms with Crippen LogP contribution in [-0.2, 0) is 9.59 Å². The maximum atomic E-state index is 12.1. The topological polar surface area (TPSA) is 125 Å². The Morgan fingerprint density at radius 1 is 1.35 bits per heavy atom. The number of carboxylic acids is 1. The minimum absolute atomic E-state index is 0.0677. The van der Waals surface area contributed by atoms with Gasteiger partial charge in [-0.1, -0.05) is 25.4 Å². The molecule has 0 radical (unpaired) electrons. The van der Waals surface area contributed by atoms with Crippen molar-refractivity contribution in [3.05, 3.63) is 33.3 Å². The Kier molecular flexibility index (Phi) is 8.97. The number of rotatable bonds is 11. The Morgan fingerprint density at radius 2 is 2.00 bits per heavy atom. The summed E-state index contributed by atoms with van der Waals surface area (Å²) < 4.78 is 0. The predicted octanol–water partition coefficient (Wildman–Crippen LogP) is 1.96. The van der Waals surface area contributed by atoms with Gasteiger partial charge in [0.25, 0.3) is 5.69 Å². The van der Waals surface area contributed by atoms with Gasteiger partial charge in [0.05, 0.1) is 22.1 Å². The largest absolute Gasteiger partial charge is 0.480 e. The van der Waals surface area contributed by atoms with Crippen LogP contribution >= 0.6 is 11.6 Å². The molecule has 0 saturated carbocycles. The third kappa shape index (κ3) is 6.95. The number of carboxylic acid groups (broad SMARTS) is 1. The Balaban J connectivity index is 2.66. The lowest BCUT2D eigenvalue weighted by molar-refractivity contribution is -0.384. The number of anilines is 1. The molecule has 9 nitrogen and oxygen atoms in total. The number of benzene rings is 1. The molecule has 1 rings (SSSR count). The monoisotopic (exact) mass is 386 g/mol. The molecular weight excluding hydrogens is 364 g/mol. The van der Waals surface area contributed by atoms with E-state index < -0.39 is 22.8 Å². The summed E-state index contributed by atoms with van der Waals surface area (Å²) in [5.74, 6) is -1.75. The van der Waals surface area contributed by atoms with Crippen molar-refractivity contribution < 1.29 is 19.6 Å². The van der Waals surface area contributed by atoms with Gasteiger partial charge in [0.15, 0.2) is 0 Å². The number of halogens is 1. The molecule has 1 amide bonds. The Bertz CT molecular complexity index is 652. The first-order valence-electron chi connectivity index (χ1n) is 8.20. The summed E-state index contributed by atoms with van der Waals surface area (Å²) in [5.41, 5.74) is -0.157. The molecule has 0 unspecified atom stereocenters. The number of likely N-dealkylation sites (N-methyl/N-ethyl adjacent to an activating group) is 1. The highest BCUT2D eigenvalue weighted by Crippen LogP contribution is 2.26. The van der Waals surface area contributed by atoms with Crippen LogP contribution in [0.25, 0.3) is 0 Å². The number of nitrogens with zero attached hydrogens (tertiary/aromatic N) is 2. The lowest BCUT2D eigenvalue weighted by Gasteiger charge is -2.20. The Hall–Kier alpha value is -2.23. The van der Waals surface area contributed by atoms with Crippen molar-refractivity contribution in [2.75, 3.05) is 31.5 Å². The average Bonchev–Trinajstić information content (AvgIpc) is 2.59. The van der Waals surface area contributed by atoms with Crippen LogP contribution in [0.5, 0.6) is 0 Å². The predicted molar refractivity (Wildman–Crippen MR) is 98.6 cm³/mol. The molecule has 3 N–H and O–H groups in total. The van der Waals surface area contributed by atoms with Gasteiger partial charge in [-0.2, -0.15) is 0 Å². The van der Waals surface area contributed by atoms with Crippen molar-refractivity contribution >= 4 is 34.9 Å². The molecule has 0 aliphatic heterocycles. The zero-order chi connectivity index (χ0) is 19.7. The molecule has 0 fully saturated rings. The minimum atomic E-state index is -1.15. The van der Waals surface area contributed by atoms with Crippen molar-refractivity contribution in [1.82, 2.24) is 10.2 Å². The number of carbonyl (C=O) groups is 2. The number of nitrogens with one attached hydrogen (secondary N) is 2. The van der Waals surface area contributed by atoms with Crippen LogP contribution < -0.4 is 10.6 Å². The van der Waals surface area contributed by atoms with E-state index in [0.717, 1.165) is 19.2 Å². The first-order chi connectivity index (χ1) is 12.3. The quantitative estimate of drug-likeness (QED) is 0.392. The third-order valence-corrected chi connectivity index (χ3v) is 4.17. The number of nitro groups is 1. The van der Waals surface area contributed by atoms with Crippen LogP contribution in [0.1, 0.15) is 20.3 Å². The molecule has 1 aromatic carbocycles. The minimum Gasteiger partial charge on any atom is -0.480 e. The molecule has 0 aliphatic carbocycles. The first kappa shape index (κ1) is 21.8. The SMILES string of the molecule is CCN(CC)CCN[C@H](CC(=O)Nc1cc([N+](=O)[O-])ccc1Cl)C(=O)O. The molecule has 10 heteroatoms. The van der Waals surface area contributed by atoms with E-state index in [1.165, 1.54) is 12.1 Å². The Morgan fingerprint density at radius 3 is 2.54 bits per heavy atom. The molecule has 1 atom stereocenters. The second-order valence-corrected chi connectivity index (χ2v) is 5.95. The summed E-state index contributed by atoms with van der Waals surface area (Å²) in [6.07, 6.45) is -0.327. The average molecular weight is 387 g/mol. The van der Waals surface area contributed by atoms with Crippen molar-refractivity contribution in [1.29, 1.82) is 0 Å². The lowest BCUT2D eigenvalue weighted by Crippen LogP contribution is -2.43. The fourth-order valence-electron chi connectivity index (χ4n) is 2.29. The van der Waals surface area contributed by atoms with E-state index in [-0.39, 0.29) is 22.8 Å². The van der Waals surface area contributed by atoms with E-state index in [4.69, 9.17) is 11.6 Å². The molecule has 0 bridgehead atoms. The van der Waals surface area contributed by atoms with Crippen molar-refractivity contribution in [2.24, 2.45) is 0 Å². The summed E-state index contributed by atoms with van der Waals surface area (Å²) in [6, 6.07) is 2.58. The number of aliphatic carboxylic acids is 1. The van der Waals surface area contributed by atoms with Gasteiger partial charge >= 0.3 is 5.97 Å². The summed E-state index contributed by atoms with van der Waals surface area (Å²) in [4.78, 5) is 35.8. The summed E-state index contributed by atoms with van der Waals surface area (Å²) in [6.45, 7) is 6.80. The standard InChI is InChI=1S/C16H23ClN4O5/c1-3-20(4-2)8-7-18-14(16(23)24)10-15(22)19-13-9-11(21(25)26)5-6-12(13)17/h5-6,9,14,18H,3-4,7-8,10H2,1-2H3,(H,19,22)(H,23,24)/t14-/m1/s1. The van der Waals surface area contributed by atoms with Crippen molar-refractivity contribution in [3.63, 3.8) is 0 Å². The smallest absolute Gasteiger partial charge is 0.321 e. The molecule has 144 valence electrons. The second kappa shape index (κ2) is 10.7. The highest BCUT2D eigenvalue weighted by Gasteiger charge is 2.22. The van der Waals surface area contributed by atoms with Crippen LogP contribution in [0.2, 0.25) is 5.02 Å². The zero-order valence-corrected chi connectivity index (χ0v) is 15.5. The van der Waals surface area contributed by atoms with Gasteiger partial charge in [0.2, 0.25) is 5.91 Å². The molecule has 1 aromatic rings. The summed E-state index contributed by atoms with van der Waals surface area (Å²) >= 11 is 5.92. The van der Waals surface area contributed by atoms with Gasteiger partial charge in [0, 0.05) is 25.2 Å². The van der Waals surface area contributed by atoms with Gasteiger partial charge in [-0.15, -0.1) is 0 Å². The van der Waals surface area contributed by atoms with E-state index in [2.05, 4.69) is 15.5 Å². The fourth-order valence-corrected chi connectivity index (χ4v) is 2.46. The zero-order valence-electron chi connectivity index (χ0n) is 14.7. The molecule has 0 aliphatic rings. The van der Waals surface area contributed by atoms with Gasteiger partial charge in [-0.25, -0.2) is 0 Å². The van der Waals surface area contributed by atoms with Crippen LogP contribution in [0.15, 0.2) is 18.2 Å². The number of hydrogen-bond acceptors (Lipinski definition) is 6. The normalized spacial score (nSPS) is 12.0. The molecule has 0 spiro atoms. The highest BCUT2D eigenvalue weighted by atomic mass is 35.5. The van der Waals surface area contributed by atoms with Crippen LogP contribution in [0.3, 0.4) is 0 Å². The number of non-ortho nitro benzene ring substituents is 1. The second-order valence-electron chi connectivity index (χ2n) is 5.55. The van der Waals surface area contributed by atoms with E-state index >= 15 is 0 Å². The number of nitro benzene ring substituents is 1. The molecule has 26 heavy (non-hydrogen) atoms. The summed E-state index contributed by atoms with van der Waals surface area (Å²) in [7, 11) is 0. The lowest BCUT2D eigenvalue weighted by atomic mass is 10.2. The summed E-state index contributed by atoms with van der Waals surface area (Å²) in [5, 5.41) is 25.5.